The molecule has 2 rings (SSSR count). The highest BCUT2D eigenvalue weighted by Crippen LogP contribution is 2.32. The molecular formula is C13H16Cl2N2OS. The number of aromatic nitrogens is 1. The van der Waals surface area contributed by atoms with Crippen LogP contribution in [-0.4, -0.2) is 21.4 Å². The number of hydrogen-bond acceptors (Lipinski definition) is 3. The van der Waals surface area contributed by atoms with Gasteiger partial charge in [-0.15, -0.1) is 11.8 Å². The van der Waals surface area contributed by atoms with E-state index >= 15 is 0 Å². The largest absolute Gasteiger partial charge is 0.308 e. The molecule has 1 heterocycles. The molecule has 0 spiro atoms. The number of thioether (sulfide) groups is 1. The third-order valence-electron chi connectivity index (χ3n) is 3.12. The Labute approximate surface area is 127 Å². The SMILES string of the molecule is CC(SC1CCCC1)C(=O)Nc1ncc(Cl)cc1Cl. The van der Waals surface area contributed by atoms with Crippen molar-refractivity contribution >= 4 is 46.7 Å². The number of nitrogens with one attached hydrogen (secondary N) is 1. The van der Waals surface area contributed by atoms with Gasteiger partial charge in [0.05, 0.1) is 15.3 Å². The minimum Gasteiger partial charge on any atom is -0.308 e. The first-order chi connectivity index (χ1) is 9.06. The van der Waals surface area contributed by atoms with Crippen LogP contribution in [0.25, 0.3) is 0 Å². The number of amides is 1. The van der Waals surface area contributed by atoms with E-state index in [2.05, 4.69) is 10.3 Å². The first-order valence-electron chi connectivity index (χ1n) is 6.33. The number of carbonyl (C=O) groups is 1. The zero-order chi connectivity index (χ0) is 13.8. The molecule has 0 saturated heterocycles. The molecule has 1 amide bonds. The second kappa shape index (κ2) is 6.82. The Morgan fingerprint density at radius 2 is 2.16 bits per heavy atom. The summed E-state index contributed by atoms with van der Waals surface area (Å²) in [4.78, 5) is 16.1. The summed E-state index contributed by atoms with van der Waals surface area (Å²) in [5.41, 5.74) is 0. The van der Waals surface area contributed by atoms with E-state index in [1.54, 1.807) is 17.8 Å². The summed E-state index contributed by atoms with van der Waals surface area (Å²) in [6.07, 6.45) is 6.44. The normalized spacial score (nSPS) is 17.4. The van der Waals surface area contributed by atoms with Crippen LogP contribution in [0, 0.1) is 0 Å². The van der Waals surface area contributed by atoms with Crippen molar-refractivity contribution in [2.45, 2.75) is 43.1 Å². The van der Waals surface area contributed by atoms with Gasteiger partial charge in [-0.25, -0.2) is 4.98 Å². The van der Waals surface area contributed by atoms with E-state index in [4.69, 9.17) is 23.2 Å². The summed E-state index contributed by atoms with van der Waals surface area (Å²) < 4.78 is 0. The Hall–Kier alpha value is -0.450. The number of rotatable bonds is 4. The topological polar surface area (TPSA) is 42.0 Å². The van der Waals surface area contributed by atoms with Crippen molar-refractivity contribution in [3.63, 3.8) is 0 Å². The molecule has 1 N–H and O–H groups in total. The van der Waals surface area contributed by atoms with Crippen molar-refractivity contribution in [2.24, 2.45) is 0 Å². The highest BCUT2D eigenvalue weighted by Gasteiger charge is 2.23. The number of pyridine rings is 1. The predicted molar refractivity (Wildman–Crippen MR) is 82.2 cm³/mol. The van der Waals surface area contributed by atoms with Crippen molar-refractivity contribution in [3.8, 4) is 0 Å². The van der Waals surface area contributed by atoms with Gasteiger partial charge in [0.15, 0.2) is 5.82 Å². The number of hydrogen-bond donors (Lipinski definition) is 1. The molecule has 1 aliphatic carbocycles. The number of nitrogens with zero attached hydrogens (tertiary/aromatic N) is 1. The summed E-state index contributed by atoms with van der Waals surface area (Å²) in [5, 5.41) is 4.07. The van der Waals surface area contributed by atoms with Crippen molar-refractivity contribution in [2.75, 3.05) is 5.32 Å². The Balaban J connectivity index is 1.92. The third-order valence-corrected chi connectivity index (χ3v) is 5.09. The number of anilines is 1. The fraction of sp³-hybridized carbons (Fsp3) is 0.538. The smallest absolute Gasteiger partial charge is 0.238 e. The molecule has 0 aliphatic heterocycles. The maximum Gasteiger partial charge on any atom is 0.238 e. The molecular weight excluding hydrogens is 303 g/mol. The average Bonchev–Trinajstić information content (AvgIpc) is 2.85. The summed E-state index contributed by atoms with van der Waals surface area (Å²) in [6, 6.07) is 1.57. The molecule has 19 heavy (non-hydrogen) atoms. The van der Waals surface area contributed by atoms with Crippen molar-refractivity contribution in [1.29, 1.82) is 0 Å². The summed E-state index contributed by atoms with van der Waals surface area (Å²) in [5.74, 6) is 0.309. The molecule has 0 radical (unpaired) electrons. The summed E-state index contributed by atoms with van der Waals surface area (Å²) in [6.45, 7) is 1.92. The second-order valence-electron chi connectivity index (χ2n) is 4.66. The lowest BCUT2D eigenvalue weighted by Gasteiger charge is -2.16. The molecule has 1 unspecified atom stereocenters. The van der Waals surface area contributed by atoms with E-state index in [9.17, 15) is 4.79 Å². The lowest BCUT2D eigenvalue weighted by atomic mass is 10.4. The fourth-order valence-corrected chi connectivity index (χ4v) is 3.89. The van der Waals surface area contributed by atoms with Crippen molar-refractivity contribution in [1.82, 2.24) is 4.98 Å². The van der Waals surface area contributed by atoms with Gasteiger partial charge in [0, 0.05) is 11.4 Å². The minimum atomic E-state index is -0.100. The Morgan fingerprint density at radius 1 is 1.47 bits per heavy atom. The average molecular weight is 319 g/mol. The summed E-state index contributed by atoms with van der Waals surface area (Å²) in [7, 11) is 0. The van der Waals surface area contributed by atoms with Crippen molar-refractivity contribution < 1.29 is 4.79 Å². The molecule has 1 saturated carbocycles. The first-order valence-corrected chi connectivity index (χ1v) is 8.03. The van der Waals surface area contributed by atoms with E-state index in [1.807, 2.05) is 6.92 Å². The molecule has 104 valence electrons. The second-order valence-corrected chi connectivity index (χ2v) is 7.15. The van der Waals surface area contributed by atoms with Gasteiger partial charge in [-0.3, -0.25) is 4.79 Å². The predicted octanol–water partition coefficient (Wildman–Crippen LogP) is 4.39. The van der Waals surface area contributed by atoms with Gasteiger partial charge in [0.1, 0.15) is 0 Å². The van der Waals surface area contributed by atoms with Crippen LogP contribution in [0.1, 0.15) is 32.6 Å². The zero-order valence-corrected chi connectivity index (χ0v) is 13.0. The van der Waals surface area contributed by atoms with E-state index < -0.39 is 0 Å². The highest BCUT2D eigenvalue weighted by molar-refractivity contribution is 8.01. The Morgan fingerprint density at radius 3 is 2.79 bits per heavy atom. The molecule has 0 bridgehead atoms. The van der Waals surface area contributed by atoms with Gasteiger partial charge in [-0.1, -0.05) is 36.0 Å². The van der Waals surface area contributed by atoms with Crippen LogP contribution in [0.5, 0.6) is 0 Å². The molecule has 3 nitrogen and oxygen atoms in total. The highest BCUT2D eigenvalue weighted by atomic mass is 35.5. The molecule has 1 fully saturated rings. The van der Waals surface area contributed by atoms with Gasteiger partial charge < -0.3 is 5.32 Å². The fourth-order valence-electron chi connectivity index (χ4n) is 2.10. The van der Waals surface area contributed by atoms with Crippen LogP contribution in [0.3, 0.4) is 0 Å². The monoisotopic (exact) mass is 318 g/mol. The molecule has 6 heteroatoms. The van der Waals surface area contributed by atoms with Crippen LogP contribution in [0.15, 0.2) is 12.3 Å². The van der Waals surface area contributed by atoms with E-state index in [1.165, 1.54) is 31.9 Å². The standard InChI is InChI=1S/C13H16Cl2N2OS/c1-8(19-10-4-2-3-5-10)13(18)17-12-11(15)6-9(14)7-16-12/h6-8,10H,2-5H2,1H3,(H,16,17,18). The number of halogens is 2. The third kappa shape index (κ3) is 4.26. The van der Waals surface area contributed by atoms with Crippen LogP contribution >= 0.6 is 35.0 Å². The zero-order valence-electron chi connectivity index (χ0n) is 10.7. The lowest BCUT2D eigenvalue weighted by Crippen LogP contribution is -2.24. The Kier molecular flexibility index (Phi) is 5.37. The molecule has 1 aliphatic rings. The van der Waals surface area contributed by atoms with Gasteiger partial charge in [0.25, 0.3) is 0 Å². The van der Waals surface area contributed by atoms with Gasteiger partial charge in [0.2, 0.25) is 5.91 Å². The van der Waals surface area contributed by atoms with Crippen molar-refractivity contribution in [3.05, 3.63) is 22.3 Å². The number of carbonyl (C=O) groups excluding carboxylic acids is 1. The van der Waals surface area contributed by atoms with Gasteiger partial charge >= 0.3 is 0 Å². The maximum absolute atomic E-state index is 12.1. The van der Waals surface area contributed by atoms with E-state index in [0.29, 0.717) is 21.1 Å². The Bertz CT molecular complexity index is 464. The molecule has 1 atom stereocenters. The van der Waals surface area contributed by atoms with Gasteiger partial charge in [-0.05, 0) is 25.8 Å². The van der Waals surface area contributed by atoms with Crippen LogP contribution < -0.4 is 5.32 Å². The molecule has 0 aromatic carbocycles. The minimum absolute atomic E-state index is 0.0615. The van der Waals surface area contributed by atoms with Gasteiger partial charge in [-0.2, -0.15) is 0 Å². The van der Waals surface area contributed by atoms with Crippen LogP contribution in [0.4, 0.5) is 5.82 Å². The first kappa shape index (κ1) is 14.9. The summed E-state index contributed by atoms with van der Waals surface area (Å²) >= 11 is 13.5. The molecule has 1 aromatic rings. The lowest BCUT2D eigenvalue weighted by molar-refractivity contribution is -0.115. The van der Waals surface area contributed by atoms with Crippen LogP contribution in [0.2, 0.25) is 10.0 Å². The maximum atomic E-state index is 12.1. The van der Waals surface area contributed by atoms with E-state index in [0.717, 1.165) is 0 Å². The van der Waals surface area contributed by atoms with E-state index in [-0.39, 0.29) is 11.2 Å². The quantitative estimate of drug-likeness (QED) is 0.895. The molecule has 1 aromatic heterocycles. The van der Waals surface area contributed by atoms with Crippen LogP contribution in [-0.2, 0) is 4.79 Å².